The van der Waals surface area contributed by atoms with Crippen LogP contribution >= 0.6 is 27.7 Å². The van der Waals surface area contributed by atoms with E-state index in [1.807, 2.05) is 32.6 Å². The van der Waals surface area contributed by atoms with Crippen molar-refractivity contribution in [1.29, 1.82) is 10.8 Å². The van der Waals surface area contributed by atoms with Crippen LogP contribution in [0.4, 0.5) is 5.69 Å². The molecule has 13 heteroatoms. The number of nitrogens with one attached hydrogen (secondary N) is 3. The number of thioether (sulfide) groups is 1. The molecule has 4 rings (SSSR count). The summed E-state index contributed by atoms with van der Waals surface area (Å²) in [4.78, 5) is 16.5. The Morgan fingerprint density at radius 1 is 1.26 bits per heavy atom. The smallest absolute Gasteiger partial charge is 0.241 e. The van der Waals surface area contributed by atoms with Crippen molar-refractivity contribution in [3.05, 3.63) is 18.3 Å². The van der Waals surface area contributed by atoms with Gasteiger partial charge < -0.3 is 9.80 Å². The minimum Gasteiger partial charge on any atom is -0.367 e. The molecule has 190 valence electrons. The van der Waals surface area contributed by atoms with E-state index in [1.54, 1.807) is 12.3 Å². The molecule has 2 fully saturated rings. The van der Waals surface area contributed by atoms with Crippen LogP contribution in [0.2, 0.25) is 0 Å². The van der Waals surface area contributed by atoms with Gasteiger partial charge in [-0.15, -0.1) is 0 Å². The van der Waals surface area contributed by atoms with Crippen LogP contribution in [0, 0.1) is 22.7 Å². The summed E-state index contributed by atoms with van der Waals surface area (Å²) >= 11 is 3.93. The second-order valence-electron chi connectivity index (χ2n) is 9.72. The second-order valence-corrected chi connectivity index (χ2v) is 13.7. The van der Waals surface area contributed by atoms with Gasteiger partial charge in [0.1, 0.15) is 3.95 Å². The molecule has 1 aliphatic heterocycles. The molecular weight excluding hydrogens is 554 g/mol. The summed E-state index contributed by atoms with van der Waals surface area (Å²) in [7, 11) is -3.80. The van der Waals surface area contributed by atoms with E-state index in [-0.39, 0.29) is 31.8 Å². The average Bonchev–Trinajstić information content (AvgIpc) is 3.17. The van der Waals surface area contributed by atoms with Gasteiger partial charge in [-0.05, 0) is 59.1 Å². The highest BCUT2D eigenvalue weighted by atomic mass is 79.9. The standard InChI is InChI=1S/C22H30BrN7O3S2/c1-13(2)19(31)29-7-5-28(6-8-29)18-10-15(35(32,33)27-22(4)11-14(22)3)9-17-16(18)12-30(26-17)21(25)34-20(23)24/h9-10,12-14,24-25,27H,5-8,11H2,1-4H3/t14-,22+/m1/s1. The van der Waals surface area contributed by atoms with Crippen molar-refractivity contribution in [2.45, 2.75) is 44.6 Å². The third-order valence-electron chi connectivity index (χ3n) is 6.73. The van der Waals surface area contributed by atoms with E-state index < -0.39 is 15.6 Å². The average molecular weight is 585 g/mol. The Labute approximate surface area is 218 Å². The van der Waals surface area contributed by atoms with Gasteiger partial charge in [0.2, 0.25) is 15.9 Å². The molecule has 1 aliphatic carbocycles. The number of sulfonamides is 1. The topological polar surface area (TPSA) is 135 Å². The highest BCUT2D eigenvalue weighted by Gasteiger charge is 2.49. The molecule has 1 aromatic carbocycles. The van der Waals surface area contributed by atoms with Crippen LogP contribution in [0.5, 0.6) is 0 Å². The lowest BCUT2D eigenvalue weighted by atomic mass is 10.1. The van der Waals surface area contributed by atoms with E-state index in [2.05, 4.69) is 30.7 Å². The molecule has 2 atom stereocenters. The molecule has 2 heterocycles. The lowest BCUT2D eigenvalue weighted by Crippen LogP contribution is -2.50. The molecular formula is C22H30BrN7O3S2. The highest BCUT2D eigenvalue weighted by molar-refractivity contribution is 9.22. The number of anilines is 1. The lowest BCUT2D eigenvalue weighted by molar-refractivity contribution is -0.134. The molecule has 3 N–H and O–H groups in total. The molecule has 1 saturated heterocycles. The molecule has 10 nitrogen and oxygen atoms in total. The Morgan fingerprint density at radius 3 is 2.43 bits per heavy atom. The van der Waals surface area contributed by atoms with Crippen LogP contribution < -0.4 is 9.62 Å². The van der Waals surface area contributed by atoms with Crippen molar-refractivity contribution >= 4 is 69.3 Å². The van der Waals surface area contributed by atoms with Crippen LogP contribution in [0.1, 0.15) is 34.1 Å². The number of piperazine rings is 1. The minimum atomic E-state index is -3.80. The number of hydrogen-bond acceptors (Lipinski definition) is 8. The highest BCUT2D eigenvalue weighted by Crippen LogP contribution is 2.43. The zero-order valence-electron chi connectivity index (χ0n) is 20.1. The van der Waals surface area contributed by atoms with Gasteiger partial charge in [0, 0.05) is 54.9 Å². The summed E-state index contributed by atoms with van der Waals surface area (Å²) in [5.74, 6) is 0.301. The van der Waals surface area contributed by atoms with Gasteiger partial charge in [-0.1, -0.05) is 20.8 Å². The first-order valence-corrected chi connectivity index (χ1v) is 14.5. The van der Waals surface area contributed by atoms with E-state index in [4.69, 9.17) is 10.8 Å². The molecule has 0 unspecified atom stereocenters. The first-order chi connectivity index (χ1) is 16.3. The Bertz CT molecular complexity index is 1300. The molecule has 1 aromatic heterocycles. The number of carbonyl (C=O) groups is 1. The van der Waals surface area contributed by atoms with Crippen molar-refractivity contribution in [1.82, 2.24) is 19.4 Å². The van der Waals surface area contributed by atoms with Gasteiger partial charge in [0.15, 0.2) is 5.17 Å². The number of rotatable bonds is 5. The van der Waals surface area contributed by atoms with E-state index in [0.29, 0.717) is 42.8 Å². The maximum Gasteiger partial charge on any atom is 0.241 e. The zero-order chi connectivity index (χ0) is 25.7. The van der Waals surface area contributed by atoms with Crippen molar-refractivity contribution < 1.29 is 13.2 Å². The lowest BCUT2D eigenvalue weighted by Gasteiger charge is -2.37. The largest absolute Gasteiger partial charge is 0.367 e. The van der Waals surface area contributed by atoms with E-state index in [9.17, 15) is 13.2 Å². The molecule has 2 aromatic rings. The molecule has 1 saturated carbocycles. The number of nitrogens with zero attached hydrogens (tertiary/aromatic N) is 4. The minimum absolute atomic E-state index is 0.0169. The van der Waals surface area contributed by atoms with Gasteiger partial charge in [-0.25, -0.2) is 17.8 Å². The van der Waals surface area contributed by atoms with Crippen molar-refractivity contribution in [2.75, 3.05) is 31.1 Å². The van der Waals surface area contributed by atoms with Crippen LogP contribution in [0.25, 0.3) is 10.9 Å². The van der Waals surface area contributed by atoms with Crippen molar-refractivity contribution in [2.24, 2.45) is 11.8 Å². The van der Waals surface area contributed by atoms with Gasteiger partial charge in [0.25, 0.3) is 0 Å². The van der Waals surface area contributed by atoms with E-state index in [1.165, 1.54) is 10.7 Å². The first kappa shape index (κ1) is 26.1. The maximum atomic E-state index is 13.3. The summed E-state index contributed by atoms with van der Waals surface area (Å²) < 4.78 is 30.9. The first-order valence-electron chi connectivity index (χ1n) is 11.4. The fourth-order valence-corrected chi connectivity index (χ4v) is 6.72. The Hall–Kier alpha value is -1.96. The number of amides is 1. The third kappa shape index (κ3) is 5.42. The predicted molar refractivity (Wildman–Crippen MR) is 143 cm³/mol. The quantitative estimate of drug-likeness (QED) is 0.365. The zero-order valence-corrected chi connectivity index (χ0v) is 23.3. The Morgan fingerprint density at radius 2 is 1.89 bits per heavy atom. The Balaban J connectivity index is 1.72. The maximum absolute atomic E-state index is 13.3. The van der Waals surface area contributed by atoms with Crippen LogP contribution in [-0.2, 0) is 14.8 Å². The third-order valence-corrected chi connectivity index (χ3v) is 9.37. The Kier molecular flexibility index (Phi) is 7.08. The molecule has 2 aliphatic rings. The van der Waals surface area contributed by atoms with Crippen LogP contribution in [-0.4, -0.2) is 69.8 Å². The summed E-state index contributed by atoms with van der Waals surface area (Å²) in [5.41, 5.74) is 0.695. The number of benzene rings is 1. The van der Waals surface area contributed by atoms with E-state index >= 15 is 0 Å². The van der Waals surface area contributed by atoms with Crippen molar-refractivity contribution in [3.63, 3.8) is 0 Å². The molecule has 0 radical (unpaired) electrons. The number of fused-ring (bicyclic) bond motifs is 1. The fourth-order valence-electron chi connectivity index (χ4n) is 4.35. The number of carbonyl (C=O) groups excluding carboxylic acids is 1. The molecule has 0 spiro atoms. The van der Waals surface area contributed by atoms with Crippen LogP contribution in [0.3, 0.4) is 0 Å². The van der Waals surface area contributed by atoms with Gasteiger partial charge in [-0.2, -0.15) is 5.10 Å². The molecule has 1 amide bonds. The predicted octanol–water partition coefficient (Wildman–Crippen LogP) is 3.26. The monoisotopic (exact) mass is 583 g/mol. The SMILES string of the molecule is CC(C)C(=O)N1CCN(c2cc(S(=O)(=O)N[C@@]3(C)C[C@H]3C)cc3nn(C(=N)SC(=N)Br)cc23)CC1. The number of hydrogen-bond donors (Lipinski definition) is 3. The summed E-state index contributed by atoms with van der Waals surface area (Å²) in [6, 6.07) is 3.19. The number of halogens is 1. The summed E-state index contributed by atoms with van der Waals surface area (Å²) in [6.45, 7) is 9.90. The van der Waals surface area contributed by atoms with Gasteiger partial charge >= 0.3 is 0 Å². The second kappa shape index (κ2) is 9.49. The molecule has 0 bridgehead atoms. The summed E-state index contributed by atoms with van der Waals surface area (Å²) in [5, 5.41) is 21.0. The van der Waals surface area contributed by atoms with Gasteiger partial charge in [0.05, 0.1) is 10.4 Å². The fraction of sp³-hybridized carbons (Fsp3) is 0.545. The van der Waals surface area contributed by atoms with Crippen molar-refractivity contribution in [3.8, 4) is 0 Å². The molecule has 35 heavy (non-hydrogen) atoms. The summed E-state index contributed by atoms with van der Waals surface area (Å²) in [6.07, 6.45) is 2.48. The van der Waals surface area contributed by atoms with Gasteiger partial charge in [-0.3, -0.25) is 15.6 Å². The van der Waals surface area contributed by atoms with Crippen LogP contribution in [0.15, 0.2) is 23.2 Å². The normalized spacial score (nSPS) is 22.6. The number of aromatic nitrogens is 2. The van der Waals surface area contributed by atoms with E-state index in [0.717, 1.165) is 18.2 Å².